The fourth-order valence-electron chi connectivity index (χ4n) is 2.19. The Morgan fingerprint density at radius 1 is 0.952 bits per heavy atom. The van der Waals surface area contributed by atoms with Gasteiger partial charge >= 0.3 is 0 Å². The zero-order chi connectivity index (χ0) is 14.7. The Balaban J connectivity index is 1.95. The predicted octanol–water partition coefficient (Wildman–Crippen LogP) is 5.19. The van der Waals surface area contributed by atoms with E-state index >= 15 is 0 Å². The van der Waals surface area contributed by atoms with Crippen LogP contribution in [-0.4, -0.2) is 10.8 Å². The number of hydrogen-bond acceptors (Lipinski definition) is 1. The standard InChI is InChI=1S/C18H15ClN2/c1-14-17(19)10-5-11-18(14)20-13-16-9-6-12-21(16)15-7-3-2-4-8-15/h2-13H,1H3. The van der Waals surface area contributed by atoms with E-state index in [0.717, 1.165) is 27.7 Å². The highest BCUT2D eigenvalue weighted by atomic mass is 35.5. The van der Waals surface area contributed by atoms with Crippen LogP contribution in [0.2, 0.25) is 5.02 Å². The first-order valence-electron chi connectivity index (χ1n) is 6.77. The minimum atomic E-state index is 0.739. The van der Waals surface area contributed by atoms with E-state index < -0.39 is 0 Å². The van der Waals surface area contributed by atoms with Crippen molar-refractivity contribution in [3.05, 3.63) is 83.1 Å². The van der Waals surface area contributed by atoms with Crippen LogP contribution in [-0.2, 0) is 0 Å². The third-order valence-corrected chi connectivity index (χ3v) is 3.80. The van der Waals surface area contributed by atoms with Crippen molar-refractivity contribution >= 4 is 23.5 Å². The number of rotatable bonds is 3. The third-order valence-electron chi connectivity index (χ3n) is 3.39. The first-order chi connectivity index (χ1) is 10.3. The molecule has 1 heterocycles. The maximum atomic E-state index is 6.12. The molecule has 0 saturated heterocycles. The zero-order valence-corrected chi connectivity index (χ0v) is 12.5. The van der Waals surface area contributed by atoms with Crippen LogP contribution in [0.3, 0.4) is 0 Å². The van der Waals surface area contributed by atoms with Crippen molar-refractivity contribution in [2.45, 2.75) is 6.92 Å². The van der Waals surface area contributed by atoms with E-state index in [1.165, 1.54) is 0 Å². The lowest BCUT2D eigenvalue weighted by molar-refractivity contribution is 1.07. The molecule has 3 heteroatoms. The monoisotopic (exact) mass is 294 g/mol. The second-order valence-electron chi connectivity index (χ2n) is 4.78. The summed E-state index contributed by atoms with van der Waals surface area (Å²) in [5.41, 5.74) is 4.03. The molecular weight excluding hydrogens is 280 g/mol. The summed E-state index contributed by atoms with van der Waals surface area (Å²) < 4.78 is 2.10. The summed E-state index contributed by atoms with van der Waals surface area (Å²) >= 11 is 6.12. The van der Waals surface area contributed by atoms with Crippen molar-refractivity contribution in [1.29, 1.82) is 0 Å². The second-order valence-corrected chi connectivity index (χ2v) is 5.19. The van der Waals surface area contributed by atoms with Crippen LogP contribution in [0.15, 0.2) is 71.9 Å². The quantitative estimate of drug-likeness (QED) is 0.592. The molecular formula is C18H15ClN2. The van der Waals surface area contributed by atoms with Gasteiger partial charge in [-0.05, 0) is 48.9 Å². The van der Waals surface area contributed by atoms with Gasteiger partial charge in [0.1, 0.15) is 0 Å². The molecule has 0 N–H and O–H groups in total. The van der Waals surface area contributed by atoms with Gasteiger partial charge in [-0.15, -0.1) is 0 Å². The van der Waals surface area contributed by atoms with E-state index in [4.69, 9.17) is 11.6 Å². The molecule has 0 atom stereocenters. The van der Waals surface area contributed by atoms with Crippen molar-refractivity contribution in [2.24, 2.45) is 4.99 Å². The average Bonchev–Trinajstić information content (AvgIpc) is 2.98. The lowest BCUT2D eigenvalue weighted by atomic mass is 10.2. The molecule has 0 aliphatic rings. The highest BCUT2D eigenvalue weighted by Gasteiger charge is 2.02. The van der Waals surface area contributed by atoms with Crippen LogP contribution >= 0.6 is 11.6 Å². The molecule has 0 aliphatic heterocycles. The summed E-state index contributed by atoms with van der Waals surface area (Å²) in [4.78, 5) is 4.56. The molecule has 0 fully saturated rings. The maximum Gasteiger partial charge on any atom is 0.0674 e. The van der Waals surface area contributed by atoms with Crippen molar-refractivity contribution in [2.75, 3.05) is 0 Å². The highest BCUT2D eigenvalue weighted by Crippen LogP contribution is 2.25. The van der Waals surface area contributed by atoms with Crippen molar-refractivity contribution in [3.63, 3.8) is 0 Å². The topological polar surface area (TPSA) is 17.3 Å². The highest BCUT2D eigenvalue weighted by molar-refractivity contribution is 6.31. The van der Waals surface area contributed by atoms with Crippen LogP contribution in [0.5, 0.6) is 0 Å². The number of nitrogens with zero attached hydrogens (tertiary/aromatic N) is 2. The number of benzene rings is 2. The Hall–Kier alpha value is -2.32. The Kier molecular flexibility index (Phi) is 3.89. The van der Waals surface area contributed by atoms with Crippen LogP contribution in [0.1, 0.15) is 11.3 Å². The maximum absolute atomic E-state index is 6.12. The molecule has 2 nitrogen and oxygen atoms in total. The first kappa shape index (κ1) is 13.7. The molecule has 0 saturated carbocycles. The summed E-state index contributed by atoms with van der Waals surface area (Å²) in [5.74, 6) is 0. The van der Waals surface area contributed by atoms with Crippen LogP contribution in [0.4, 0.5) is 5.69 Å². The molecule has 0 radical (unpaired) electrons. The molecule has 0 bridgehead atoms. The molecule has 0 spiro atoms. The van der Waals surface area contributed by atoms with E-state index in [9.17, 15) is 0 Å². The smallest absolute Gasteiger partial charge is 0.0674 e. The normalized spacial score (nSPS) is 11.1. The Morgan fingerprint density at radius 3 is 2.57 bits per heavy atom. The van der Waals surface area contributed by atoms with Crippen LogP contribution in [0, 0.1) is 6.92 Å². The molecule has 1 aromatic heterocycles. The van der Waals surface area contributed by atoms with E-state index in [-0.39, 0.29) is 0 Å². The van der Waals surface area contributed by atoms with E-state index in [2.05, 4.69) is 21.7 Å². The number of aromatic nitrogens is 1. The van der Waals surface area contributed by atoms with Crippen LogP contribution in [0.25, 0.3) is 5.69 Å². The summed E-state index contributed by atoms with van der Waals surface area (Å²) in [5, 5.41) is 0.739. The number of halogens is 1. The summed E-state index contributed by atoms with van der Waals surface area (Å²) in [6.45, 7) is 1.98. The molecule has 3 aromatic rings. The number of aliphatic imine (C=N–C) groups is 1. The molecule has 0 aliphatic carbocycles. The SMILES string of the molecule is Cc1c(Cl)cccc1N=Cc1cccn1-c1ccccc1. The minimum absolute atomic E-state index is 0.739. The lowest BCUT2D eigenvalue weighted by Gasteiger charge is -2.06. The van der Waals surface area contributed by atoms with Gasteiger partial charge in [-0.1, -0.05) is 35.9 Å². The number of hydrogen-bond donors (Lipinski definition) is 0. The van der Waals surface area contributed by atoms with E-state index in [1.807, 2.05) is 67.9 Å². The lowest BCUT2D eigenvalue weighted by Crippen LogP contribution is -1.97. The van der Waals surface area contributed by atoms with E-state index in [1.54, 1.807) is 0 Å². The van der Waals surface area contributed by atoms with Gasteiger partial charge in [0.25, 0.3) is 0 Å². The van der Waals surface area contributed by atoms with Gasteiger partial charge in [0.05, 0.1) is 17.6 Å². The molecule has 21 heavy (non-hydrogen) atoms. The minimum Gasteiger partial charge on any atom is -0.316 e. The first-order valence-corrected chi connectivity index (χ1v) is 7.15. The Bertz CT molecular complexity index is 773. The zero-order valence-electron chi connectivity index (χ0n) is 11.7. The van der Waals surface area contributed by atoms with Gasteiger partial charge in [-0.2, -0.15) is 0 Å². The molecule has 104 valence electrons. The van der Waals surface area contributed by atoms with Gasteiger partial charge in [-0.25, -0.2) is 0 Å². The van der Waals surface area contributed by atoms with Crippen LogP contribution < -0.4 is 0 Å². The summed E-state index contributed by atoms with van der Waals surface area (Å²) in [6.07, 6.45) is 3.90. The molecule has 2 aromatic carbocycles. The van der Waals surface area contributed by atoms with Gasteiger partial charge in [0.15, 0.2) is 0 Å². The van der Waals surface area contributed by atoms with Gasteiger partial charge in [0.2, 0.25) is 0 Å². The van der Waals surface area contributed by atoms with Gasteiger partial charge in [0, 0.05) is 16.9 Å². The molecule has 3 rings (SSSR count). The largest absolute Gasteiger partial charge is 0.316 e. The van der Waals surface area contributed by atoms with Gasteiger partial charge < -0.3 is 4.57 Å². The Morgan fingerprint density at radius 2 is 1.76 bits per heavy atom. The van der Waals surface area contributed by atoms with Crippen molar-refractivity contribution < 1.29 is 0 Å². The summed E-state index contributed by atoms with van der Waals surface area (Å²) in [7, 11) is 0. The average molecular weight is 295 g/mol. The van der Waals surface area contributed by atoms with E-state index in [0.29, 0.717) is 0 Å². The van der Waals surface area contributed by atoms with Crippen molar-refractivity contribution in [3.8, 4) is 5.69 Å². The predicted molar refractivity (Wildman–Crippen MR) is 89.2 cm³/mol. The van der Waals surface area contributed by atoms with Gasteiger partial charge in [-0.3, -0.25) is 4.99 Å². The fourth-order valence-corrected chi connectivity index (χ4v) is 2.36. The second kappa shape index (κ2) is 5.98. The molecule has 0 amide bonds. The Labute approximate surface area is 129 Å². The van der Waals surface area contributed by atoms with Crippen molar-refractivity contribution in [1.82, 2.24) is 4.57 Å². The fraction of sp³-hybridized carbons (Fsp3) is 0.0556. The summed E-state index contributed by atoms with van der Waals surface area (Å²) in [6, 6.07) is 20.0. The molecule has 0 unspecified atom stereocenters. The number of para-hydroxylation sites is 1. The third kappa shape index (κ3) is 2.91.